The van der Waals surface area contributed by atoms with E-state index in [1.807, 2.05) is 0 Å². The zero-order valence-electron chi connectivity index (χ0n) is 6.64. The van der Waals surface area contributed by atoms with Gasteiger partial charge >= 0.3 is 51.4 Å². The van der Waals surface area contributed by atoms with E-state index in [0.29, 0.717) is 0 Å². The molecule has 1 aromatic rings. The van der Waals surface area contributed by atoms with Crippen LogP contribution in [0.5, 0.6) is 0 Å². The second-order valence-corrected chi connectivity index (χ2v) is 1.95. The molecule has 0 N–H and O–H groups in total. The fraction of sp³-hybridized carbons (Fsp3) is 0. The Labute approximate surface area is 116 Å². The number of nitrogens with zero attached hydrogens (tertiary/aromatic N) is 1. The number of halogens is 3. The summed E-state index contributed by atoms with van der Waals surface area (Å²) in [6.07, 6.45) is -0.118. The molecule has 0 spiro atoms. The predicted octanol–water partition coefficient (Wildman–Crippen LogP) is -2.89. The van der Waals surface area contributed by atoms with Crippen LogP contribution in [0.15, 0.2) is 0 Å². The van der Waals surface area contributed by atoms with Crippen molar-refractivity contribution in [2.45, 2.75) is 0 Å². The Hall–Kier alpha value is 0.311. The Morgan fingerprint density at radius 3 is 2.23 bits per heavy atom. The first-order valence-corrected chi connectivity index (χ1v) is 2.83. The van der Waals surface area contributed by atoms with Gasteiger partial charge in [0, 0.05) is 0 Å². The van der Waals surface area contributed by atoms with Crippen molar-refractivity contribution in [2.75, 3.05) is 0 Å². The zero-order valence-corrected chi connectivity index (χ0v) is 9.77. The van der Waals surface area contributed by atoms with Gasteiger partial charge in [-0.05, 0) is 0 Å². The average Bonchev–Trinajstić information content (AvgIpc) is 2.01. The Kier molecular flexibility index (Phi) is 5.38. The molecule has 0 unspecified atom stereocenters. The third-order valence-electron chi connectivity index (χ3n) is 1.23. The number of aromatic nitrogens is 1. The SMILES string of the molecule is [B-]c1c(F)nc(F)c(C=O)c1F.[K+]. The zero-order chi connectivity index (χ0) is 9.30. The fourth-order valence-corrected chi connectivity index (χ4v) is 0.633. The molecule has 0 aliphatic rings. The van der Waals surface area contributed by atoms with Crippen LogP contribution >= 0.6 is 0 Å². The van der Waals surface area contributed by atoms with Crippen molar-refractivity contribution in [1.82, 2.24) is 4.98 Å². The molecule has 0 aliphatic carbocycles. The number of aldehydes is 1. The maximum absolute atomic E-state index is 12.6. The minimum atomic E-state index is -1.51. The van der Waals surface area contributed by atoms with Crippen LogP contribution in [0.2, 0.25) is 0 Å². The van der Waals surface area contributed by atoms with Crippen molar-refractivity contribution in [3.63, 3.8) is 0 Å². The molecule has 0 bridgehead atoms. The topological polar surface area (TPSA) is 30.0 Å². The summed E-state index contributed by atoms with van der Waals surface area (Å²) in [6, 6.07) is 0. The summed E-state index contributed by atoms with van der Waals surface area (Å²) in [5.41, 5.74) is -1.92. The third-order valence-corrected chi connectivity index (χ3v) is 1.23. The van der Waals surface area contributed by atoms with E-state index in [-0.39, 0.29) is 57.7 Å². The smallest absolute Gasteiger partial charge is 0.570 e. The molecule has 0 saturated carbocycles. The molecule has 1 aromatic heterocycles. The van der Waals surface area contributed by atoms with Crippen molar-refractivity contribution in [3.8, 4) is 0 Å². The second-order valence-electron chi connectivity index (χ2n) is 1.95. The number of hydrogen-bond acceptors (Lipinski definition) is 2. The van der Waals surface area contributed by atoms with Gasteiger partial charge in [0.25, 0.3) is 0 Å². The van der Waals surface area contributed by atoms with Gasteiger partial charge < -0.3 is 7.85 Å². The summed E-state index contributed by atoms with van der Waals surface area (Å²) >= 11 is 0. The van der Waals surface area contributed by atoms with Crippen LogP contribution in [0.4, 0.5) is 13.2 Å². The molecule has 1 rings (SSSR count). The van der Waals surface area contributed by atoms with Gasteiger partial charge in [-0.2, -0.15) is 13.8 Å². The summed E-state index contributed by atoms with van der Waals surface area (Å²) in [5.74, 6) is -4.39. The van der Waals surface area contributed by atoms with Crippen molar-refractivity contribution in [1.29, 1.82) is 0 Å². The van der Waals surface area contributed by atoms with Crippen LogP contribution in [-0.4, -0.2) is 19.1 Å². The Morgan fingerprint density at radius 2 is 1.77 bits per heavy atom. The molecule has 0 aromatic carbocycles. The van der Waals surface area contributed by atoms with Gasteiger partial charge in [-0.15, -0.1) is 0 Å². The molecule has 61 valence electrons. The van der Waals surface area contributed by atoms with E-state index in [1.54, 1.807) is 0 Å². The van der Waals surface area contributed by atoms with Crippen LogP contribution in [0, 0.1) is 17.7 Å². The number of hydrogen-bond donors (Lipinski definition) is 0. The minimum Gasteiger partial charge on any atom is -0.570 e. The molecule has 0 amide bonds. The van der Waals surface area contributed by atoms with E-state index in [9.17, 15) is 18.0 Å². The van der Waals surface area contributed by atoms with Crippen LogP contribution in [0.3, 0.4) is 0 Å². The molecule has 0 saturated heterocycles. The van der Waals surface area contributed by atoms with Crippen LogP contribution in [-0.2, 0) is 0 Å². The van der Waals surface area contributed by atoms with Gasteiger partial charge in [0.15, 0.2) is 12.2 Å². The van der Waals surface area contributed by atoms with E-state index in [1.165, 1.54) is 0 Å². The maximum Gasteiger partial charge on any atom is 1.00 e. The molecule has 13 heavy (non-hydrogen) atoms. The van der Waals surface area contributed by atoms with Crippen molar-refractivity contribution in [2.24, 2.45) is 0 Å². The molecule has 1 heterocycles. The number of rotatable bonds is 1. The van der Waals surface area contributed by atoms with E-state index < -0.39 is 28.7 Å². The van der Waals surface area contributed by atoms with E-state index in [4.69, 9.17) is 7.85 Å². The van der Waals surface area contributed by atoms with Crippen LogP contribution in [0.1, 0.15) is 10.4 Å². The summed E-state index contributed by atoms with van der Waals surface area (Å²) in [5, 5.41) is 0. The largest absolute Gasteiger partial charge is 1.00 e. The van der Waals surface area contributed by atoms with Gasteiger partial charge in [-0.1, -0.05) is 0 Å². The van der Waals surface area contributed by atoms with Gasteiger partial charge in [0.1, 0.15) is 5.56 Å². The van der Waals surface area contributed by atoms with Crippen molar-refractivity contribution < 1.29 is 69.4 Å². The van der Waals surface area contributed by atoms with Crippen LogP contribution < -0.4 is 56.8 Å². The Balaban J connectivity index is 0.00000144. The number of carbonyl (C=O) groups excluding carboxylic acids is 1. The molecule has 0 atom stereocenters. The first-order chi connectivity index (χ1) is 5.57. The molecule has 0 fully saturated rings. The van der Waals surface area contributed by atoms with E-state index in [2.05, 4.69) is 4.98 Å². The Morgan fingerprint density at radius 1 is 1.23 bits per heavy atom. The standard InChI is InChI=1S/C6HBF3NO.K/c7-3-4(8)2(1-12)5(9)11-6(3)10;/h1H;/q-1;+1. The summed E-state index contributed by atoms with van der Waals surface area (Å²) in [7, 11) is 4.79. The van der Waals surface area contributed by atoms with E-state index in [0.717, 1.165) is 0 Å². The molecule has 7 heteroatoms. The van der Waals surface area contributed by atoms with Gasteiger partial charge in [-0.3, -0.25) is 4.79 Å². The predicted molar refractivity (Wildman–Crippen MR) is 34.9 cm³/mol. The number of carbonyl (C=O) groups is 1. The summed E-state index contributed by atoms with van der Waals surface area (Å²) in [6.45, 7) is 0. The van der Waals surface area contributed by atoms with Gasteiger partial charge in [-0.25, -0.2) is 9.85 Å². The average molecular weight is 210 g/mol. The quantitative estimate of drug-likeness (QED) is 0.283. The summed E-state index contributed by atoms with van der Waals surface area (Å²) < 4.78 is 37.4. The minimum absolute atomic E-state index is 0. The van der Waals surface area contributed by atoms with Crippen molar-refractivity contribution in [3.05, 3.63) is 23.3 Å². The first-order valence-electron chi connectivity index (χ1n) is 2.83. The first kappa shape index (κ1) is 13.3. The van der Waals surface area contributed by atoms with E-state index >= 15 is 0 Å². The monoisotopic (exact) mass is 210 g/mol. The third kappa shape index (κ3) is 2.63. The second kappa shape index (κ2) is 5.26. The molecule has 0 aliphatic heterocycles. The molecular formula is C6HBF3KNO. The van der Waals surface area contributed by atoms with Crippen LogP contribution in [0.25, 0.3) is 0 Å². The fourth-order valence-electron chi connectivity index (χ4n) is 0.633. The maximum atomic E-state index is 12.6. The molecule has 2 nitrogen and oxygen atoms in total. The molecule has 3 radical (unpaired) electrons. The normalized spacial score (nSPS) is 9.23. The van der Waals surface area contributed by atoms with Gasteiger partial charge in [0.2, 0.25) is 5.95 Å². The Bertz CT molecular complexity index is 347. The summed E-state index contributed by atoms with van der Waals surface area (Å²) in [4.78, 5) is 12.6. The number of pyridine rings is 1. The van der Waals surface area contributed by atoms with Crippen molar-refractivity contribution >= 4 is 19.6 Å². The van der Waals surface area contributed by atoms with Gasteiger partial charge in [0.05, 0.1) is 5.82 Å². The molecular weight excluding hydrogens is 209 g/mol.